The number of hydrogen-bond acceptors (Lipinski definition) is 3. The molecular weight excluding hydrogens is 216 g/mol. The second-order valence-electron chi connectivity index (χ2n) is 6.67. The Bertz CT molecular complexity index is 305. The van der Waals surface area contributed by atoms with Crippen LogP contribution in [0.3, 0.4) is 0 Å². The van der Waals surface area contributed by atoms with E-state index in [0.29, 0.717) is 17.9 Å². The van der Waals surface area contributed by atoms with E-state index < -0.39 is 5.60 Å². The predicted octanol–water partition coefficient (Wildman–Crippen LogP) is 1.98. The zero-order chi connectivity index (χ0) is 12.7. The van der Waals surface area contributed by atoms with E-state index in [1.54, 1.807) is 0 Å². The second kappa shape index (κ2) is 4.16. The number of nitrogens with two attached hydrogens (primary N) is 1. The minimum absolute atomic E-state index is 0.179. The molecule has 1 atom stereocenters. The van der Waals surface area contributed by atoms with Gasteiger partial charge in [0.2, 0.25) is 0 Å². The van der Waals surface area contributed by atoms with Gasteiger partial charge < -0.3 is 15.4 Å². The Kier molecular flexibility index (Phi) is 3.10. The summed E-state index contributed by atoms with van der Waals surface area (Å²) in [6.07, 6.45) is 3.48. The summed E-state index contributed by atoms with van der Waals surface area (Å²) >= 11 is 0. The molecular formula is C13H24N2O2. The average Bonchev–Trinajstić information content (AvgIpc) is 2.94. The number of amides is 1. The van der Waals surface area contributed by atoms with Crippen molar-refractivity contribution in [3.8, 4) is 0 Å². The highest BCUT2D eigenvalue weighted by atomic mass is 16.6. The van der Waals surface area contributed by atoms with Crippen LogP contribution in [0.15, 0.2) is 0 Å². The van der Waals surface area contributed by atoms with E-state index in [0.717, 1.165) is 13.1 Å². The van der Waals surface area contributed by atoms with Crippen molar-refractivity contribution in [1.29, 1.82) is 0 Å². The molecule has 1 spiro atoms. The van der Waals surface area contributed by atoms with Gasteiger partial charge in [-0.25, -0.2) is 4.79 Å². The summed E-state index contributed by atoms with van der Waals surface area (Å²) in [7, 11) is 0. The SMILES string of the molecule is CC(C)(C)OC(=O)N1CC(CN)CC2(CC2)C1. The molecule has 1 saturated heterocycles. The van der Waals surface area contributed by atoms with Gasteiger partial charge in [0.25, 0.3) is 0 Å². The fraction of sp³-hybridized carbons (Fsp3) is 0.923. The first-order chi connectivity index (χ1) is 7.84. The quantitative estimate of drug-likeness (QED) is 0.762. The van der Waals surface area contributed by atoms with Gasteiger partial charge in [0, 0.05) is 13.1 Å². The van der Waals surface area contributed by atoms with Crippen molar-refractivity contribution in [2.24, 2.45) is 17.1 Å². The number of hydrogen-bond donors (Lipinski definition) is 1. The Hall–Kier alpha value is -0.770. The zero-order valence-electron chi connectivity index (χ0n) is 11.2. The van der Waals surface area contributed by atoms with Crippen LogP contribution in [-0.2, 0) is 4.74 Å². The smallest absolute Gasteiger partial charge is 0.410 e. The summed E-state index contributed by atoms with van der Waals surface area (Å²) in [5.74, 6) is 0.443. The van der Waals surface area contributed by atoms with Gasteiger partial charge in [0.05, 0.1) is 0 Å². The highest BCUT2D eigenvalue weighted by Crippen LogP contribution is 2.53. The Morgan fingerprint density at radius 3 is 2.59 bits per heavy atom. The van der Waals surface area contributed by atoms with E-state index in [1.807, 2.05) is 25.7 Å². The molecule has 1 saturated carbocycles. The van der Waals surface area contributed by atoms with Crippen molar-refractivity contribution < 1.29 is 9.53 Å². The summed E-state index contributed by atoms with van der Waals surface area (Å²) in [4.78, 5) is 13.9. The minimum atomic E-state index is -0.413. The van der Waals surface area contributed by atoms with Crippen LogP contribution in [0.25, 0.3) is 0 Å². The Balaban J connectivity index is 1.98. The van der Waals surface area contributed by atoms with Gasteiger partial charge in [-0.2, -0.15) is 0 Å². The maximum Gasteiger partial charge on any atom is 0.410 e. The van der Waals surface area contributed by atoms with Gasteiger partial charge in [-0.1, -0.05) is 0 Å². The molecule has 0 bridgehead atoms. The Morgan fingerprint density at radius 2 is 2.12 bits per heavy atom. The third-order valence-electron chi connectivity index (χ3n) is 3.67. The standard InChI is InChI=1S/C13H24N2O2/c1-12(2,3)17-11(16)15-8-10(7-14)6-13(9-15)4-5-13/h10H,4-9,14H2,1-3H3. The van der Waals surface area contributed by atoms with Crippen LogP contribution in [0, 0.1) is 11.3 Å². The van der Waals surface area contributed by atoms with E-state index in [4.69, 9.17) is 10.5 Å². The van der Waals surface area contributed by atoms with Crippen LogP contribution in [0.4, 0.5) is 4.79 Å². The van der Waals surface area contributed by atoms with Crippen molar-refractivity contribution in [2.45, 2.75) is 45.6 Å². The highest BCUT2D eigenvalue weighted by molar-refractivity contribution is 5.68. The molecule has 2 aliphatic rings. The van der Waals surface area contributed by atoms with Gasteiger partial charge in [-0.05, 0) is 57.9 Å². The van der Waals surface area contributed by atoms with E-state index in [1.165, 1.54) is 19.3 Å². The molecule has 1 amide bonds. The Labute approximate surface area is 103 Å². The average molecular weight is 240 g/mol. The lowest BCUT2D eigenvalue weighted by Gasteiger charge is -2.38. The lowest BCUT2D eigenvalue weighted by molar-refractivity contribution is 0.00779. The molecule has 98 valence electrons. The van der Waals surface area contributed by atoms with E-state index >= 15 is 0 Å². The summed E-state index contributed by atoms with van der Waals surface area (Å²) < 4.78 is 5.44. The summed E-state index contributed by atoms with van der Waals surface area (Å²) in [5.41, 5.74) is 5.72. The number of carbonyl (C=O) groups is 1. The molecule has 1 unspecified atom stereocenters. The van der Waals surface area contributed by atoms with Gasteiger partial charge in [0.1, 0.15) is 5.60 Å². The van der Waals surface area contributed by atoms with E-state index in [-0.39, 0.29) is 6.09 Å². The van der Waals surface area contributed by atoms with Crippen LogP contribution >= 0.6 is 0 Å². The van der Waals surface area contributed by atoms with Crippen molar-refractivity contribution >= 4 is 6.09 Å². The van der Waals surface area contributed by atoms with E-state index in [2.05, 4.69) is 0 Å². The molecule has 0 radical (unpaired) electrons. The van der Waals surface area contributed by atoms with E-state index in [9.17, 15) is 4.79 Å². The molecule has 17 heavy (non-hydrogen) atoms. The minimum Gasteiger partial charge on any atom is -0.444 e. The number of piperidine rings is 1. The highest BCUT2D eigenvalue weighted by Gasteiger charge is 2.49. The van der Waals surface area contributed by atoms with Crippen molar-refractivity contribution in [3.05, 3.63) is 0 Å². The van der Waals surface area contributed by atoms with Gasteiger partial charge >= 0.3 is 6.09 Å². The first-order valence-corrected chi connectivity index (χ1v) is 6.52. The Morgan fingerprint density at radius 1 is 1.47 bits per heavy atom. The molecule has 4 heteroatoms. The first kappa shape index (κ1) is 12.7. The molecule has 1 aliphatic carbocycles. The zero-order valence-corrected chi connectivity index (χ0v) is 11.2. The molecule has 0 aromatic rings. The normalized spacial score (nSPS) is 27.1. The van der Waals surface area contributed by atoms with Crippen molar-refractivity contribution in [3.63, 3.8) is 0 Å². The number of carbonyl (C=O) groups excluding carboxylic acids is 1. The van der Waals surface area contributed by atoms with Gasteiger partial charge in [-0.15, -0.1) is 0 Å². The molecule has 2 fully saturated rings. The number of rotatable bonds is 1. The molecule has 0 aromatic carbocycles. The molecule has 2 N–H and O–H groups in total. The topological polar surface area (TPSA) is 55.6 Å². The van der Waals surface area contributed by atoms with Crippen LogP contribution in [0.1, 0.15) is 40.0 Å². The summed E-state index contributed by atoms with van der Waals surface area (Å²) in [5, 5.41) is 0. The molecule has 1 aliphatic heterocycles. The monoisotopic (exact) mass is 240 g/mol. The second-order valence-corrected chi connectivity index (χ2v) is 6.67. The largest absolute Gasteiger partial charge is 0.444 e. The molecule has 0 aromatic heterocycles. The fourth-order valence-electron chi connectivity index (χ4n) is 2.69. The van der Waals surface area contributed by atoms with Crippen LogP contribution in [0.2, 0.25) is 0 Å². The first-order valence-electron chi connectivity index (χ1n) is 6.52. The van der Waals surface area contributed by atoms with Crippen LogP contribution in [-0.4, -0.2) is 36.2 Å². The maximum atomic E-state index is 12.1. The predicted molar refractivity (Wildman–Crippen MR) is 66.6 cm³/mol. The third kappa shape index (κ3) is 3.12. The van der Waals surface area contributed by atoms with Crippen LogP contribution < -0.4 is 5.73 Å². The van der Waals surface area contributed by atoms with Crippen molar-refractivity contribution in [1.82, 2.24) is 4.90 Å². The summed E-state index contributed by atoms with van der Waals surface area (Å²) in [6.45, 7) is 8.00. The lowest BCUT2D eigenvalue weighted by Crippen LogP contribution is -2.48. The number of ether oxygens (including phenoxy) is 1. The third-order valence-corrected chi connectivity index (χ3v) is 3.67. The van der Waals surface area contributed by atoms with Crippen molar-refractivity contribution in [2.75, 3.05) is 19.6 Å². The number of nitrogens with zero attached hydrogens (tertiary/aromatic N) is 1. The lowest BCUT2D eigenvalue weighted by atomic mass is 9.87. The maximum absolute atomic E-state index is 12.1. The van der Waals surface area contributed by atoms with Gasteiger partial charge in [0.15, 0.2) is 0 Å². The number of likely N-dealkylation sites (tertiary alicyclic amines) is 1. The van der Waals surface area contributed by atoms with Crippen LogP contribution in [0.5, 0.6) is 0 Å². The summed E-state index contributed by atoms with van der Waals surface area (Å²) in [6, 6.07) is 0. The fourth-order valence-corrected chi connectivity index (χ4v) is 2.69. The molecule has 2 rings (SSSR count). The van der Waals surface area contributed by atoms with Gasteiger partial charge in [-0.3, -0.25) is 0 Å². The molecule has 1 heterocycles. The molecule has 4 nitrogen and oxygen atoms in total.